The van der Waals surface area contributed by atoms with Crippen LogP contribution in [0.4, 0.5) is 0 Å². The van der Waals surface area contributed by atoms with Crippen LogP contribution in [0.25, 0.3) is 0 Å². The average molecular weight is 193 g/mol. The highest BCUT2D eigenvalue weighted by molar-refractivity contribution is 6.45. The van der Waals surface area contributed by atoms with Gasteiger partial charge < -0.3 is 5.11 Å². The van der Waals surface area contributed by atoms with Crippen molar-refractivity contribution >= 4 is 17.5 Å². The Morgan fingerprint density at radius 1 is 1.21 bits per heavy atom. The lowest BCUT2D eigenvalue weighted by Crippen LogP contribution is -2.17. The molecule has 1 heterocycles. The topological polar surface area (TPSA) is 84.3 Å². The molecule has 1 N–H and O–H groups in total. The summed E-state index contributed by atoms with van der Waals surface area (Å²) < 4.78 is 0. The third-order valence-electron chi connectivity index (χ3n) is 1.51. The predicted octanol–water partition coefficient (Wildman–Crippen LogP) is 0.308. The third-order valence-corrected chi connectivity index (χ3v) is 1.51. The first kappa shape index (κ1) is 10.0. The molecule has 72 valence electrons. The van der Waals surface area contributed by atoms with Crippen molar-refractivity contribution in [1.82, 2.24) is 4.98 Å². The molecule has 0 aromatic carbocycles. The third kappa shape index (κ3) is 2.48. The molecule has 14 heavy (non-hydrogen) atoms. The summed E-state index contributed by atoms with van der Waals surface area (Å²) in [5.74, 6) is -3.03. The van der Waals surface area contributed by atoms with E-state index in [9.17, 15) is 14.4 Å². The highest BCUT2D eigenvalue weighted by atomic mass is 16.4. The molecule has 0 atom stereocenters. The average Bonchev–Trinajstić information content (AvgIpc) is 2.17. The Kier molecular flexibility index (Phi) is 3.06. The normalized spacial score (nSPS) is 9.43. The van der Waals surface area contributed by atoms with Crippen LogP contribution >= 0.6 is 0 Å². The minimum atomic E-state index is -1.31. The first-order valence-electron chi connectivity index (χ1n) is 3.80. The fourth-order valence-electron chi connectivity index (χ4n) is 0.882. The zero-order valence-electron chi connectivity index (χ0n) is 7.14. The monoisotopic (exact) mass is 193 g/mol. The Labute approximate surface area is 79.4 Å². The number of nitrogens with zero attached hydrogens (tertiary/aromatic N) is 1. The van der Waals surface area contributed by atoms with Crippen LogP contribution in [0, 0.1) is 0 Å². The number of hydrogen-bond acceptors (Lipinski definition) is 4. The van der Waals surface area contributed by atoms with Crippen molar-refractivity contribution < 1.29 is 19.5 Å². The molecule has 0 spiro atoms. The number of carbonyl (C=O) groups is 3. The number of aliphatic carboxylic acids is 1. The van der Waals surface area contributed by atoms with Gasteiger partial charge in [0.15, 0.2) is 0 Å². The molecule has 0 aliphatic rings. The number of rotatable bonds is 4. The lowest BCUT2D eigenvalue weighted by molar-refractivity contribution is -0.139. The largest absolute Gasteiger partial charge is 0.481 e. The molecule has 0 unspecified atom stereocenters. The number of pyridine rings is 1. The van der Waals surface area contributed by atoms with Crippen LogP contribution in [0.3, 0.4) is 0 Å². The van der Waals surface area contributed by atoms with Crippen molar-refractivity contribution in [2.75, 3.05) is 0 Å². The number of ketones is 2. The van der Waals surface area contributed by atoms with Gasteiger partial charge in [0, 0.05) is 18.0 Å². The molecule has 0 saturated carbocycles. The first-order valence-corrected chi connectivity index (χ1v) is 3.80. The fourth-order valence-corrected chi connectivity index (χ4v) is 0.882. The summed E-state index contributed by atoms with van der Waals surface area (Å²) in [6.45, 7) is 0. The molecule has 5 nitrogen and oxygen atoms in total. The van der Waals surface area contributed by atoms with Gasteiger partial charge in [0.25, 0.3) is 0 Å². The Bertz CT molecular complexity index is 372. The maximum absolute atomic E-state index is 11.2. The second-order valence-electron chi connectivity index (χ2n) is 2.56. The maximum Gasteiger partial charge on any atom is 0.311 e. The van der Waals surface area contributed by atoms with Crippen LogP contribution < -0.4 is 0 Å². The summed E-state index contributed by atoms with van der Waals surface area (Å²) in [7, 11) is 0. The van der Waals surface area contributed by atoms with Crippen LogP contribution in [-0.4, -0.2) is 27.6 Å². The molecule has 0 aliphatic heterocycles. The Balaban J connectivity index is 2.76. The van der Waals surface area contributed by atoms with Gasteiger partial charge in [-0.2, -0.15) is 0 Å². The SMILES string of the molecule is O=C(O)CC(=O)C(=O)c1ccncc1. The molecule has 1 rings (SSSR count). The van der Waals surface area contributed by atoms with E-state index in [-0.39, 0.29) is 5.56 Å². The summed E-state index contributed by atoms with van der Waals surface area (Å²) >= 11 is 0. The van der Waals surface area contributed by atoms with Gasteiger partial charge in [0.05, 0.1) is 0 Å². The summed E-state index contributed by atoms with van der Waals surface area (Å²) in [6.07, 6.45) is 1.95. The number of carboxylic acids is 1. The Morgan fingerprint density at radius 3 is 2.29 bits per heavy atom. The summed E-state index contributed by atoms with van der Waals surface area (Å²) in [4.78, 5) is 36.1. The second-order valence-corrected chi connectivity index (χ2v) is 2.56. The lowest BCUT2D eigenvalue weighted by Gasteiger charge is -1.96. The van der Waals surface area contributed by atoms with Gasteiger partial charge in [-0.25, -0.2) is 0 Å². The molecule has 0 bridgehead atoms. The van der Waals surface area contributed by atoms with Crippen LogP contribution in [0.1, 0.15) is 16.8 Å². The van der Waals surface area contributed by atoms with E-state index in [0.717, 1.165) is 0 Å². The van der Waals surface area contributed by atoms with Crippen molar-refractivity contribution in [1.29, 1.82) is 0 Å². The van der Waals surface area contributed by atoms with Gasteiger partial charge in [-0.1, -0.05) is 0 Å². The second kappa shape index (κ2) is 4.27. The summed E-state index contributed by atoms with van der Waals surface area (Å²) in [5, 5.41) is 8.29. The highest BCUT2D eigenvalue weighted by Gasteiger charge is 2.18. The first-order chi connectivity index (χ1) is 6.61. The lowest BCUT2D eigenvalue weighted by atomic mass is 10.1. The van der Waals surface area contributed by atoms with E-state index in [4.69, 9.17) is 5.11 Å². The van der Waals surface area contributed by atoms with Gasteiger partial charge in [-0.3, -0.25) is 19.4 Å². The number of aromatic nitrogens is 1. The van der Waals surface area contributed by atoms with Gasteiger partial charge in [-0.05, 0) is 12.1 Å². The van der Waals surface area contributed by atoms with Crippen LogP contribution in [-0.2, 0) is 9.59 Å². The number of carbonyl (C=O) groups excluding carboxylic acids is 2. The number of carboxylic acid groups (broad SMARTS) is 1. The minimum absolute atomic E-state index is 0.159. The quantitative estimate of drug-likeness (QED) is 0.422. The van der Waals surface area contributed by atoms with Crippen molar-refractivity contribution in [3.05, 3.63) is 30.1 Å². The van der Waals surface area contributed by atoms with E-state index in [1.54, 1.807) is 0 Å². The summed E-state index contributed by atoms with van der Waals surface area (Å²) in [6, 6.07) is 2.73. The van der Waals surface area contributed by atoms with Crippen LogP contribution in [0.2, 0.25) is 0 Å². The molecule has 0 aliphatic carbocycles. The highest BCUT2D eigenvalue weighted by Crippen LogP contribution is 2.00. The van der Waals surface area contributed by atoms with Crippen molar-refractivity contribution in [3.63, 3.8) is 0 Å². The molecule has 0 fully saturated rings. The van der Waals surface area contributed by atoms with E-state index < -0.39 is 24.0 Å². The van der Waals surface area contributed by atoms with E-state index in [0.29, 0.717) is 0 Å². The van der Waals surface area contributed by atoms with Crippen molar-refractivity contribution in [2.24, 2.45) is 0 Å². The fraction of sp³-hybridized carbons (Fsp3) is 0.111. The molecule has 0 radical (unpaired) electrons. The zero-order chi connectivity index (χ0) is 10.6. The number of hydrogen-bond donors (Lipinski definition) is 1. The molecule has 0 amide bonds. The van der Waals surface area contributed by atoms with Crippen molar-refractivity contribution in [2.45, 2.75) is 6.42 Å². The number of Topliss-reactive ketones (excluding diaryl/α,β-unsaturated/α-hetero) is 2. The summed E-state index contributed by atoms with van der Waals surface area (Å²) in [5.41, 5.74) is 0.159. The van der Waals surface area contributed by atoms with Gasteiger partial charge >= 0.3 is 5.97 Å². The van der Waals surface area contributed by atoms with Crippen molar-refractivity contribution in [3.8, 4) is 0 Å². The van der Waals surface area contributed by atoms with E-state index in [1.807, 2.05) is 0 Å². The Morgan fingerprint density at radius 2 is 1.79 bits per heavy atom. The smallest absolute Gasteiger partial charge is 0.311 e. The molecule has 0 saturated heterocycles. The standard InChI is InChI=1S/C9H7NO4/c11-7(5-8(12)13)9(14)6-1-3-10-4-2-6/h1-4H,5H2,(H,12,13). The minimum Gasteiger partial charge on any atom is -0.481 e. The van der Waals surface area contributed by atoms with Crippen LogP contribution in [0.5, 0.6) is 0 Å². The maximum atomic E-state index is 11.2. The zero-order valence-corrected chi connectivity index (χ0v) is 7.14. The van der Waals surface area contributed by atoms with Gasteiger partial charge in [0.1, 0.15) is 6.42 Å². The van der Waals surface area contributed by atoms with E-state index >= 15 is 0 Å². The van der Waals surface area contributed by atoms with E-state index in [2.05, 4.69) is 4.98 Å². The van der Waals surface area contributed by atoms with Gasteiger partial charge in [-0.15, -0.1) is 0 Å². The van der Waals surface area contributed by atoms with Crippen LogP contribution in [0.15, 0.2) is 24.5 Å². The molecule has 1 aromatic heterocycles. The Hall–Kier alpha value is -2.04. The van der Waals surface area contributed by atoms with Gasteiger partial charge in [0.2, 0.25) is 11.6 Å². The molecular weight excluding hydrogens is 186 g/mol. The van der Waals surface area contributed by atoms with E-state index in [1.165, 1.54) is 24.5 Å². The predicted molar refractivity (Wildman–Crippen MR) is 45.8 cm³/mol. The molecule has 5 heteroatoms. The molecular formula is C9H7NO4. The molecule has 1 aromatic rings.